The summed E-state index contributed by atoms with van der Waals surface area (Å²) >= 11 is 6.03. The summed E-state index contributed by atoms with van der Waals surface area (Å²) in [5.41, 5.74) is 5.55. The number of imide groups is 1. The van der Waals surface area contributed by atoms with E-state index in [0.29, 0.717) is 21.8 Å². The van der Waals surface area contributed by atoms with Gasteiger partial charge in [-0.15, -0.1) is 0 Å². The van der Waals surface area contributed by atoms with Crippen molar-refractivity contribution in [2.45, 2.75) is 20.8 Å². The molecule has 4 nitrogen and oxygen atoms in total. The number of nitrogens with one attached hydrogen (secondary N) is 1. The first-order valence-corrected chi connectivity index (χ1v) is 10.0. The van der Waals surface area contributed by atoms with Crippen LogP contribution < -0.4 is 10.2 Å². The number of benzene rings is 3. The topological polar surface area (TPSA) is 49.4 Å². The molecule has 0 fully saturated rings. The van der Waals surface area contributed by atoms with Crippen LogP contribution in [0.4, 0.5) is 11.4 Å². The minimum absolute atomic E-state index is 0.257. The number of hydrogen-bond acceptors (Lipinski definition) is 3. The molecule has 0 radical (unpaired) electrons. The molecule has 1 N–H and O–H groups in total. The number of rotatable bonds is 4. The third-order valence-electron chi connectivity index (χ3n) is 5.10. The van der Waals surface area contributed by atoms with Gasteiger partial charge in [0.15, 0.2) is 0 Å². The Hall–Kier alpha value is -3.37. The fourth-order valence-electron chi connectivity index (χ4n) is 3.67. The molecule has 5 heteroatoms. The average molecular weight is 417 g/mol. The first-order chi connectivity index (χ1) is 14.3. The maximum absolute atomic E-state index is 13.5. The highest BCUT2D eigenvalue weighted by Crippen LogP contribution is 2.35. The molecule has 2 amide bonds. The summed E-state index contributed by atoms with van der Waals surface area (Å²) in [5.74, 6) is -0.733. The van der Waals surface area contributed by atoms with E-state index in [1.165, 1.54) is 4.90 Å². The Balaban J connectivity index is 1.84. The van der Waals surface area contributed by atoms with E-state index in [1.54, 1.807) is 24.3 Å². The van der Waals surface area contributed by atoms with Crippen LogP contribution in [-0.4, -0.2) is 11.8 Å². The van der Waals surface area contributed by atoms with Crippen LogP contribution in [0.15, 0.2) is 72.4 Å². The lowest BCUT2D eigenvalue weighted by molar-refractivity contribution is -0.120. The largest absolute Gasteiger partial charge is 0.350 e. The molecule has 1 aliphatic heterocycles. The summed E-state index contributed by atoms with van der Waals surface area (Å²) in [5, 5.41) is 3.76. The van der Waals surface area contributed by atoms with Gasteiger partial charge in [-0.3, -0.25) is 9.59 Å². The molecule has 0 bridgehead atoms. The molecule has 1 heterocycles. The van der Waals surface area contributed by atoms with Gasteiger partial charge in [0.1, 0.15) is 5.70 Å². The van der Waals surface area contributed by atoms with Crippen LogP contribution in [0.1, 0.15) is 22.3 Å². The van der Waals surface area contributed by atoms with Gasteiger partial charge < -0.3 is 5.32 Å². The first-order valence-electron chi connectivity index (χ1n) is 9.65. The predicted octanol–water partition coefficient (Wildman–Crippen LogP) is 5.66. The van der Waals surface area contributed by atoms with Crippen molar-refractivity contribution >= 4 is 40.4 Å². The second-order valence-electron chi connectivity index (χ2n) is 7.49. The fraction of sp³-hybridized carbons (Fsp3) is 0.120. The number of aryl methyl sites for hydroxylation is 3. The van der Waals surface area contributed by atoms with Crippen LogP contribution >= 0.6 is 11.6 Å². The highest BCUT2D eigenvalue weighted by atomic mass is 35.5. The summed E-state index contributed by atoms with van der Waals surface area (Å²) in [7, 11) is 0. The van der Waals surface area contributed by atoms with Gasteiger partial charge >= 0.3 is 0 Å². The van der Waals surface area contributed by atoms with E-state index in [0.717, 1.165) is 22.4 Å². The molecule has 3 aromatic carbocycles. The van der Waals surface area contributed by atoms with Crippen molar-refractivity contribution < 1.29 is 9.59 Å². The minimum Gasteiger partial charge on any atom is -0.350 e. The van der Waals surface area contributed by atoms with E-state index in [4.69, 9.17) is 11.6 Å². The van der Waals surface area contributed by atoms with Crippen LogP contribution in [0.3, 0.4) is 0 Å². The zero-order chi connectivity index (χ0) is 21.4. The van der Waals surface area contributed by atoms with Crippen molar-refractivity contribution in [3.05, 3.63) is 99.7 Å². The molecular weight excluding hydrogens is 396 g/mol. The van der Waals surface area contributed by atoms with E-state index in [9.17, 15) is 9.59 Å². The van der Waals surface area contributed by atoms with Gasteiger partial charge in [0.05, 0.1) is 11.3 Å². The lowest BCUT2D eigenvalue weighted by Gasteiger charge is -2.18. The smallest absolute Gasteiger partial charge is 0.282 e. The fourth-order valence-corrected chi connectivity index (χ4v) is 3.80. The number of amides is 2. The van der Waals surface area contributed by atoms with E-state index >= 15 is 0 Å². The normalized spacial score (nSPS) is 13.9. The highest BCUT2D eigenvalue weighted by molar-refractivity contribution is 6.46. The molecule has 0 aromatic heterocycles. The van der Waals surface area contributed by atoms with E-state index < -0.39 is 0 Å². The first kappa shape index (κ1) is 19.9. The molecule has 3 aromatic rings. The number of halogens is 1. The number of nitrogens with zero attached hydrogens (tertiary/aromatic N) is 1. The van der Waals surface area contributed by atoms with Gasteiger partial charge in [-0.25, -0.2) is 4.90 Å². The van der Waals surface area contributed by atoms with Crippen molar-refractivity contribution in [1.82, 2.24) is 0 Å². The predicted molar refractivity (Wildman–Crippen MR) is 122 cm³/mol. The lowest BCUT2D eigenvalue weighted by Crippen LogP contribution is -2.33. The van der Waals surface area contributed by atoms with Crippen molar-refractivity contribution in [2.24, 2.45) is 0 Å². The van der Waals surface area contributed by atoms with Gasteiger partial charge in [0.25, 0.3) is 11.8 Å². The third-order valence-corrected chi connectivity index (χ3v) is 5.35. The molecule has 0 unspecified atom stereocenters. The Bertz CT molecular complexity index is 1200. The molecule has 150 valence electrons. The summed E-state index contributed by atoms with van der Waals surface area (Å²) in [6.45, 7) is 5.85. The maximum atomic E-state index is 13.5. The van der Waals surface area contributed by atoms with Gasteiger partial charge in [-0.05, 0) is 67.8 Å². The second-order valence-corrected chi connectivity index (χ2v) is 7.92. The van der Waals surface area contributed by atoms with Crippen LogP contribution in [0.5, 0.6) is 0 Å². The second kappa shape index (κ2) is 7.81. The van der Waals surface area contributed by atoms with E-state index in [1.807, 2.05) is 63.2 Å². The van der Waals surface area contributed by atoms with Crippen LogP contribution in [0.2, 0.25) is 5.02 Å². The number of hydrogen-bond donors (Lipinski definition) is 1. The standard InChI is InChI=1S/C25H21ClN2O2/c1-15-5-4-6-20(14-15)27-23-22(18-8-10-19(26)11-9-18)24(29)28(25(23)30)21-12-7-16(2)13-17(21)3/h4-14,27H,1-3H3. The molecule has 0 saturated heterocycles. The summed E-state index contributed by atoms with van der Waals surface area (Å²) < 4.78 is 0. The Labute approximate surface area is 180 Å². The lowest BCUT2D eigenvalue weighted by atomic mass is 10.0. The molecule has 4 rings (SSSR count). The Morgan fingerprint density at radius 3 is 2.17 bits per heavy atom. The van der Waals surface area contributed by atoms with Crippen molar-refractivity contribution in [3.63, 3.8) is 0 Å². The molecular formula is C25H21ClN2O2. The quantitative estimate of drug-likeness (QED) is 0.558. The minimum atomic E-state index is -0.376. The van der Waals surface area contributed by atoms with Crippen molar-refractivity contribution in [2.75, 3.05) is 10.2 Å². The molecule has 0 atom stereocenters. The molecule has 0 spiro atoms. The molecule has 30 heavy (non-hydrogen) atoms. The van der Waals surface area contributed by atoms with Crippen molar-refractivity contribution in [1.29, 1.82) is 0 Å². The SMILES string of the molecule is Cc1cccc(NC2=C(c3ccc(Cl)cc3)C(=O)N(c3ccc(C)cc3C)C2=O)c1. The monoisotopic (exact) mass is 416 g/mol. The molecule has 0 aliphatic carbocycles. The number of anilines is 2. The third kappa shape index (κ3) is 3.62. The van der Waals surface area contributed by atoms with Gasteiger partial charge in [0.2, 0.25) is 0 Å². The zero-order valence-electron chi connectivity index (χ0n) is 17.0. The molecule has 1 aliphatic rings. The van der Waals surface area contributed by atoms with Gasteiger partial charge in [-0.2, -0.15) is 0 Å². The average Bonchev–Trinajstić information content (AvgIpc) is 2.93. The molecule has 0 saturated carbocycles. The Morgan fingerprint density at radius 1 is 0.800 bits per heavy atom. The van der Waals surface area contributed by atoms with Crippen LogP contribution in [-0.2, 0) is 9.59 Å². The van der Waals surface area contributed by atoms with Gasteiger partial charge in [-0.1, -0.05) is 53.6 Å². The number of carbonyl (C=O) groups excluding carboxylic acids is 2. The summed E-state index contributed by atoms with van der Waals surface area (Å²) in [6, 6.07) is 20.3. The summed E-state index contributed by atoms with van der Waals surface area (Å²) in [4.78, 5) is 28.2. The number of carbonyl (C=O) groups is 2. The Kier molecular flexibility index (Phi) is 5.18. The maximum Gasteiger partial charge on any atom is 0.282 e. The van der Waals surface area contributed by atoms with Crippen molar-refractivity contribution in [3.8, 4) is 0 Å². The van der Waals surface area contributed by atoms with E-state index in [-0.39, 0.29) is 17.5 Å². The van der Waals surface area contributed by atoms with Crippen LogP contribution in [0.25, 0.3) is 5.57 Å². The zero-order valence-corrected chi connectivity index (χ0v) is 17.7. The van der Waals surface area contributed by atoms with Crippen LogP contribution in [0, 0.1) is 20.8 Å². The summed E-state index contributed by atoms with van der Waals surface area (Å²) in [6.07, 6.45) is 0. The van der Waals surface area contributed by atoms with Gasteiger partial charge in [0, 0.05) is 10.7 Å². The highest BCUT2D eigenvalue weighted by Gasteiger charge is 2.40. The Morgan fingerprint density at radius 2 is 1.50 bits per heavy atom. The van der Waals surface area contributed by atoms with E-state index in [2.05, 4.69) is 5.32 Å².